The van der Waals surface area contributed by atoms with Gasteiger partial charge in [-0.1, -0.05) is 13.8 Å². The van der Waals surface area contributed by atoms with Crippen LogP contribution >= 0.6 is 0 Å². The smallest absolute Gasteiger partial charge is 0.324 e. The third-order valence-corrected chi connectivity index (χ3v) is 1.62. The lowest BCUT2D eigenvalue weighted by Crippen LogP contribution is -2.48. The molecule has 0 unspecified atom stereocenters. The summed E-state index contributed by atoms with van der Waals surface area (Å²) in [5.41, 5.74) is 5.00. The van der Waals surface area contributed by atoms with Crippen LogP contribution in [0.15, 0.2) is 0 Å². The molecule has 5 heteroatoms. The first-order chi connectivity index (χ1) is 6.47. The first kappa shape index (κ1) is 12.9. The van der Waals surface area contributed by atoms with E-state index in [1.807, 2.05) is 13.8 Å². The van der Waals surface area contributed by atoms with Gasteiger partial charge in [-0.25, -0.2) is 5.43 Å². The lowest BCUT2D eigenvalue weighted by atomic mass is 10.0. The summed E-state index contributed by atoms with van der Waals surface area (Å²) in [5.74, 6) is -0.254. The molecule has 1 atom stereocenters. The van der Waals surface area contributed by atoms with Gasteiger partial charge in [0.2, 0.25) is 5.91 Å². The van der Waals surface area contributed by atoms with Crippen LogP contribution in [0.1, 0.15) is 27.2 Å². The molecular formula is C9H18N2O3. The summed E-state index contributed by atoms with van der Waals surface area (Å²) < 4.78 is 4.59. The molecule has 0 saturated heterocycles. The molecule has 82 valence electrons. The Hall–Kier alpha value is -1.10. The molecule has 0 aromatic rings. The second kappa shape index (κ2) is 6.37. The predicted molar refractivity (Wildman–Crippen MR) is 52.2 cm³/mol. The molecule has 0 radical (unpaired) electrons. The highest BCUT2D eigenvalue weighted by molar-refractivity contribution is 5.77. The van der Waals surface area contributed by atoms with E-state index in [0.29, 0.717) is 12.3 Å². The van der Waals surface area contributed by atoms with E-state index in [9.17, 15) is 9.59 Å². The summed E-state index contributed by atoms with van der Waals surface area (Å²) >= 11 is 0. The molecule has 14 heavy (non-hydrogen) atoms. The standard InChI is InChI=1S/C9H18N2O3/c1-6(2)5-8(9(13)14-4)11-10-7(3)12/h6,8,11H,5H2,1-4H3,(H,10,12)/t8-/m0/s1. The quantitative estimate of drug-likeness (QED) is 0.494. The monoisotopic (exact) mass is 202 g/mol. The summed E-state index contributed by atoms with van der Waals surface area (Å²) in [6.07, 6.45) is 0.618. The fraction of sp³-hybridized carbons (Fsp3) is 0.778. The molecule has 0 fully saturated rings. The molecule has 0 aromatic heterocycles. The average Bonchev–Trinajstić information content (AvgIpc) is 2.10. The first-order valence-corrected chi connectivity index (χ1v) is 4.57. The molecule has 0 spiro atoms. The first-order valence-electron chi connectivity index (χ1n) is 4.57. The van der Waals surface area contributed by atoms with Crippen molar-refractivity contribution in [2.24, 2.45) is 5.92 Å². The molecule has 2 N–H and O–H groups in total. The van der Waals surface area contributed by atoms with E-state index in [2.05, 4.69) is 15.6 Å². The van der Waals surface area contributed by atoms with Crippen molar-refractivity contribution in [3.8, 4) is 0 Å². The molecule has 5 nitrogen and oxygen atoms in total. The van der Waals surface area contributed by atoms with Gasteiger partial charge in [0, 0.05) is 6.92 Å². The number of hydrogen-bond acceptors (Lipinski definition) is 4. The van der Waals surface area contributed by atoms with Gasteiger partial charge < -0.3 is 4.74 Å². The maximum absolute atomic E-state index is 11.2. The van der Waals surface area contributed by atoms with Crippen LogP contribution in [0.2, 0.25) is 0 Å². The Bertz CT molecular complexity index is 204. The Morgan fingerprint density at radius 1 is 1.36 bits per heavy atom. The molecule has 0 aliphatic carbocycles. The molecule has 0 aliphatic heterocycles. The van der Waals surface area contributed by atoms with Crippen molar-refractivity contribution < 1.29 is 14.3 Å². The minimum Gasteiger partial charge on any atom is -0.468 e. The fourth-order valence-corrected chi connectivity index (χ4v) is 1.02. The van der Waals surface area contributed by atoms with Crippen LogP contribution in [-0.4, -0.2) is 25.0 Å². The maximum atomic E-state index is 11.2. The van der Waals surface area contributed by atoms with E-state index >= 15 is 0 Å². The summed E-state index contributed by atoms with van der Waals surface area (Å²) in [4.78, 5) is 21.8. The van der Waals surface area contributed by atoms with Crippen molar-refractivity contribution in [1.82, 2.24) is 10.9 Å². The third kappa shape index (κ3) is 5.53. The molecule has 0 saturated carbocycles. The van der Waals surface area contributed by atoms with Gasteiger partial charge in [-0.2, -0.15) is 0 Å². The third-order valence-electron chi connectivity index (χ3n) is 1.62. The van der Waals surface area contributed by atoms with Gasteiger partial charge in [-0.05, 0) is 12.3 Å². The number of methoxy groups -OCH3 is 1. The molecule has 0 aliphatic rings. The number of hydrazine groups is 1. The number of amides is 1. The van der Waals surface area contributed by atoms with Crippen molar-refractivity contribution in [3.63, 3.8) is 0 Å². The van der Waals surface area contributed by atoms with Gasteiger partial charge in [-0.3, -0.25) is 15.0 Å². The van der Waals surface area contributed by atoms with Crippen molar-refractivity contribution >= 4 is 11.9 Å². The van der Waals surface area contributed by atoms with Crippen LogP contribution < -0.4 is 10.9 Å². The van der Waals surface area contributed by atoms with Crippen LogP contribution in [0.5, 0.6) is 0 Å². The number of carbonyl (C=O) groups is 2. The number of carbonyl (C=O) groups excluding carboxylic acids is 2. The highest BCUT2D eigenvalue weighted by Crippen LogP contribution is 2.05. The average molecular weight is 202 g/mol. The topological polar surface area (TPSA) is 67.4 Å². The SMILES string of the molecule is COC(=O)[C@H](CC(C)C)NNC(C)=O. The number of ether oxygens (including phenoxy) is 1. The van der Waals surface area contributed by atoms with Crippen molar-refractivity contribution in [3.05, 3.63) is 0 Å². The number of hydrogen-bond donors (Lipinski definition) is 2. The predicted octanol–water partition coefficient (Wildman–Crippen LogP) is 0.215. The van der Waals surface area contributed by atoms with Gasteiger partial charge in [0.25, 0.3) is 0 Å². The lowest BCUT2D eigenvalue weighted by Gasteiger charge is -2.17. The van der Waals surface area contributed by atoms with Crippen LogP contribution in [0.25, 0.3) is 0 Å². The number of esters is 1. The Morgan fingerprint density at radius 3 is 2.29 bits per heavy atom. The van der Waals surface area contributed by atoms with Gasteiger partial charge in [-0.15, -0.1) is 0 Å². The van der Waals surface area contributed by atoms with Crippen LogP contribution in [0.4, 0.5) is 0 Å². The summed E-state index contributed by atoms with van der Waals surface area (Å²) in [7, 11) is 1.32. The van der Waals surface area contributed by atoms with E-state index in [1.54, 1.807) is 0 Å². The highest BCUT2D eigenvalue weighted by Gasteiger charge is 2.19. The van der Waals surface area contributed by atoms with E-state index in [4.69, 9.17) is 0 Å². The Kier molecular flexibility index (Phi) is 5.87. The highest BCUT2D eigenvalue weighted by atomic mass is 16.5. The Balaban J connectivity index is 4.10. The van der Waals surface area contributed by atoms with Crippen molar-refractivity contribution in [2.45, 2.75) is 33.2 Å². The van der Waals surface area contributed by atoms with E-state index in [-0.39, 0.29) is 11.9 Å². The van der Waals surface area contributed by atoms with E-state index < -0.39 is 6.04 Å². The Labute approximate surface area is 84.2 Å². The van der Waals surface area contributed by atoms with E-state index in [1.165, 1.54) is 14.0 Å². The zero-order valence-electron chi connectivity index (χ0n) is 9.09. The normalized spacial score (nSPS) is 12.4. The Morgan fingerprint density at radius 2 is 1.93 bits per heavy atom. The van der Waals surface area contributed by atoms with Gasteiger partial charge in [0.1, 0.15) is 6.04 Å². The van der Waals surface area contributed by atoms with Crippen molar-refractivity contribution in [1.29, 1.82) is 0 Å². The van der Waals surface area contributed by atoms with E-state index in [0.717, 1.165) is 0 Å². The summed E-state index contributed by atoms with van der Waals surface area (Å²) in [6, 6.07) is -0.483. The zero-order valence-corrected chi connectivity index (χ0v) is 9.09. The van der Waals surface area contributed by atoms with Crippen molar-refractivity contribution in [2.75, 3.05) is 7.11 Å². The summed E-state index contributed by atoms with van der Waals surface area (Å²) in [5, 5.41) is 0. The van der Waals surface area contributed by atoms with Crippen LogP contribution in [0, 0.1) is 5.92 Å². The van der Waals surface area contributed by atoms with Gasteiger partial charge >= 0.3 is 5.97 Å². The lowest BCUT2D eigenvalue weighted by molar-refractivity contribution is -0.144. The molecule has 0 heterocycles. The minimum absolute atomic E-state index is 0.234. The fourth-order valence-electron chi connectivity index (χ4n) is 1.02. The molecule has 0 aromatic carbocycles. The molecule has 1 amide bonds. The van der Waals surface area contributed by atoms with Crippen LogP contribution in [-0.2, 0) is 14.3 Å². The molecule has 0 bridgehead atoms. The van der Waals surface area contributed by atoms with Gasteiger partial charge in [0.15, 0.2) is 0 Å². The second-order valence-corrected chi connectivity index (χ2v) is 3.53. The molecular weight excluding hydrogens is 184 g/mol. The van der Waals surface area contributed by atoms with Gasteiger partial charge in [0.05, 0.1) is 7.11 Å². The minimum atomic E-state index is -0.483. The summed E-state index contributed by atoms with van der Waals surface area (Å²) in [6.45, 7) is 5.35. The zero-order chi connectivity index (χ0) is 11.1. The number of rotatable bonds is 5. The molecule has 0 rings (SSSR count). The largest absolute Gasteiger partial charge is 0.468 e. The number of nitrogens with one attached hydrogen (secondary N) is 2. The maximum Gasteiger partial charge on any atom is 0.324 e. The second-order valence-electron chi connectivity index (χ2n) is 3.53. The van der Waals surface area contributed by atoms with Crippen LogP contribution in [0.3, 0.4) is 0 Å².